The molecule has 0 aliphatic rings. The standard InChI is InChI=1S/C4H8N2O2/c1-2-8-4(7)3-6-5/h5H,2-3H2,1H3. The minimum Gasteiger partial charge on any atom is -0.465 e. The molecule has 0 amide bonds. The van der Waals surface area contributed by atoms with Crippen molar-refractivity contribution in [3.8, 4) is 0 Å². The van der Waals surface area contributed by atoms with Gasteiger partial charge in [-0.2, -0.15) is 5.11 Å². The molecule has 4 nitrogen and oxygen atoms in total. The van der Waals surface area contributed by atoms with Crippen LogP contribution < -0.4 is 0 Å². The average Bonchev–Trinajstić information content (AvgIpc) is 1.68. The van der Waals surface area contributed by atoms with Crippen molar-refractivity contribution < 1.29 is 9.53 Å². The topological polar surface area (TPSA) is 62.5 Å². The Hall–Kier alpha value is -0.930. The third kappa shape index (κ3) is 3.27. The fourth-order valence-corrected chi connectivity index (χ4v) is 0.271. The second-order valence-electron chi connectivity index (χ2n) is 1.12. The normalized spacial score (nSPS) is 8.12. The molecule has 0 unspecified atom stereocenters. The molecule has 0 saturated heterocycles. The van der Waals surface area contributed by atoms with Crippen molar-refractivity contribution in [3.05, 3.63) is 0 Å². The molecule has 0 atom stereocenters. The van der Waals surface area contributed by atoms with E-state index in [-0.39, 0.29) is 6.54 Å². The highest BCUT2D eigenvalue weighted by molar-refractivity contribution is 5.71. The van der Waals surface area contributed by atoms with Crippen LogP contribution in [-0.4, -0.2) is 19.1 Å². The molecule has 0 rings (SSSR count). The lowest BCUT2D eigenvalue weighted by atomic mass is 10.7. The summed E-state index contributed by atoms with van der Waals surface area (Å²) in [5, 5.41) is 2.83. The number of hydrogen-bond donors (Lipinski definition) is 1. The van der Waals surface area contributed by atoms with E-state index in [0.717, 1.165) is 0 Å². The number of rotatable bonds is 3. The Balaban J connectivity index is 3.18. The monoisotopic (exact) mass is 116 g/mol. The summed E-state index contributed by atoms with van der Waals surface area (Å²) in [6, 6.07) is 0. The summed E-state index contributed by atoms with van der Waals surface area (Å²) >= 11 is 0. The third-order valence-corrected chi connectivity index (χ3v) is 0.513. The van der Waals surface area contributed by atoms with Crippen LogP contribution in [0.2, 0.25) is 0 Å². The lowest BCUT2D eigenvalue weighted by Gasteiger charge is -1.93. The maximum Gasteiger partial charge on any atom is 0.329 e. The number of nitrogens with zero attached hydrogens (tertiary/aromatic N) is 1. The zero-order valence-electron chi connectivity index (χ0n) is 4.68. The minimum absolute atomic E-state index is 0.159. The van der Waals surface area contributed by atoms with Gasteiger partial charge < -0.3 is 4.74 Å². The molecule has 0 fully saturated rings. The van der Waals surface area contributed by atoms with Crippen LogP contribution in [0.5, 0.6) is 0 Å². The van der Waals surface area contributed by atoms with Crippen molar-refractivity contribution in [2.24, 2.45) is 5.11 Å². The van der Waals surface area contributed by atoms with Crippen molar-refractivity contribution in [3.63, 3.8) is 0 Å². The highest BCUT2D eigenvalue weighted by Gasteiger charge is 1.95. The summed E-state index contributed by atoms with van der Waals surface area (Å²) in [5.41, 5.74) is 6.24. The van der Waals surface area contributed by atoms with E-state index in [2.05, 4.69) is 9.85 Å². The summed E-state index contributed by atoms with van der Waals surface area (Å²) in [6.07, 6.45) is 0. The Kier molecular flexibility index (Phi) is 3.74. The summed E-state index contributed by atoms with van der Waals surface area (Å²) in [6.45, 7) is 1.91. The first-order chi connectivity index (χ1) is 3.81. The molecule has 4 heteroatoms. The van der Waals surface area contributed by atoms with Crippen molar-refractivity contribution in [1.82, 2.24) is 0 Å². The predicted octanol–water partition coefficient (Wildman–Crippen LogP) is 0.580. The molecule has 0 radical (unpaired) electrons. The molecular formula is C4H8N2O2. The number of carbonyl (C=O) groups is 1. The first-order valence-corrected chi connectivity index (χ1v) is 2.30. The SMILES string of the molecule is CCOC(=O)CN=N. The van der Waals surface area contributed by atoms with Gasteiger partial charge in [0.15, 0.2) is 6.54 Å². The summed E-state index contributed by atoms with van der Waals surface area (Å²) in [4.78, 5) is 10.2. The fourth-order valence-electron chi connectivity index (χ4n) is 0.271. The number of hydrogen-bond acceptors (Lipinski definition) is 4. The molecule has 0 saturated carbocycles. The van der Waals surface area contributed by atoms with Crippen molar-refractivity contribution >= 4 is 5.97 Å². The predicted molar refractivity (Wildman–Crippen MR) is 26.6 cm³/mol. The van der Waals surface area contributed by atoms with Gasteiger partial charge in [0.2, 0.25) is 0 Å². The Morgan fingerprint density at radius 1 is 1.88 bits per heavy atom. The molecular weight excluding hydrogens is 108 g/mol. The van der Waals surface area contributed by atoms with E-state index in [4.69, 9.17) is 5.53 Å². The molecule has 0 aromatic heterocycles. The van der Waals surface area contributed by atoms with E-state index in [9.17, 15) is 4.79 Å². The van der Waals surface area contributed by atoms with Crippen molar-refractivity contribution in [1.29, 1.82) is 5.53 Å². The van der Waals surface area contributed by atoms with Crippen LogP contribution in [0.25, 0.3) is 0 Å². The molecule has 0 aromatic carbocycles. The van der Waals surface area contributed by atoms with Gasteiger partial charge in [-0.3, -0.25) is 0 Å². The van der Waals surface area contributed by atoms with Crippen LogP contribution in [-0.2, 0) is 9.53 Å². The van der Waals surface area contributed by atoms with Crippen LogP contribution in [0.1, 0.15) is 6.92 Å². The largest absolute Gasteiger partial charge is 0.465 e. The second-order valence-corrected chi connectivity index (χ2v) is 1.12. The maximum atomic E-state index is 10.2. The maximum absolute atomic E-state index is 10.2. The number of nitrogens with one attached hydrogen (secondary N) is 1. The van der Waals surface area contributed by atoms with Crippen LogP contribution in [0.3, 0.4) is 0 Å². The van der Waals surface area contributed by atoms with Crippen LogP contribution in [0.4, 0.5) is 0 Å². The van der Waals surface area contributed by atoms with Gasteiger partial charge in [-0.1, -0.05) is 0 Å². The third-order valence-electron chi connectivity index (χ3n) is 0.513. The molecule has 0 bridgehead atoms. The van der Waals surface area contributed by atoms with Gasteiger partial charge in [-0.15, -0.1) is 0 Å². The molecule has 0 aliphatic heterocycles. The van der Waals surface area contributed by atoms with Gasteiger partial charge in [0.05, 0.1) is 6.61 Å². The molecule has 0 spiro atoms. The van der Waals surface area contributed by atoms with Gasteiger partial charge in [0.25, 0.3) is 0 Å². The second kappa shape index (κ2) is 4.23. The first-order valence-electron chi connectivity index (χ1n) is 2.30. The first kappa shape index (κ1) is 7.07. The number of esters is 1. The molecule has 46 valence electrons. The molecule has 8 heavy (non-hydrogen) atoms. The molecule has 0 aromatic rings. The van der Waals surface area contributed by atoms with E-state index < -0.39 is 5.97 Å². The smallest absolute Gasteiger partial charge is 0.329 e. The van der Waals surface area contributed by atoms with Gasteiger partial charge in [-0.25, -0.2) is 10.3 Å². The highest BCUT2D eigenvalue weighted by Crippen LogP contribution is 1.76. The Morgan fingerprint density at radius 3 is 2.88 bits per heavy atom. The van der Waals surface area contributed by atoms with Gasteiger partial charge >= 0.3 is 5.97 Å². The van der Waals surface area contributed by atoms with Crippen molar-refractivity contribution in [2.45, 2.75) is 6.92 Å². The number of carbonyl (C=O) groups excluding carboxylic acids is 1. The highest BCUT2D eigenvalue weighted by atomic mass is 16.5. The van der Waals surface area contributed by atoms with Crippen molar-refractivity contribution in [2.75, 3.05) is 13.2 Å². The lowest BCUT2D eigenvalue weighted by Crippen LogP contribution is -2.06. The van der Waals surface area contributed by atoms with Crippen LogP contribution >= 0.6 is 0 Å². The molecule has 1 N–H and O–H groups in total. The lowest BCUT2D eigenvalue weighted by molar-refractivity contribution is -0.141. The summed E-state index contributed by atoms with van der Waals surface area (Å²) < 4.78 is 4.43. The quantitative estimate of drug-likeness (QED) is 0.433. The van der Waals surface area contributed by atoms with Gasteiger partial charge in [-0.05, 0) is 6.92 Å². The minimum atomic E-state index is -0.442. The Labute approximate surface area is 47.3 Å². The van der Waals surface area contributed by atoms with E-state index in [1.807, 2.05) is 0 Å². The molecule has 0 heterocycles. The van der Waals surface area contributed by atoms with Gasteiger partial charge in [0, 0.05) is 0 Å². The van der Waals surface area contributed by atoms with Crippen LogP contribution in [0, 0.1) is 5.53 Å². The zero-order valence-corrected chi connectivity index (χ0v) is 4.68. The number of ether oxygens (including phenoxy) is 1. The Morgan fingerprint density at radius 2 is 2.50 bits per heavy atom. The van der Waals surface area contributed by atoms with E-state index in [1.54, 1.807) is 6.92 Å². The average molecular weight is 116 g/mol. The Bertz CT molecular complexity index is 92.0. The van der Waals surface area contributed by atoms with E-state index >= 15 is 0 Å². The van der Waals surface area contributed by atoms with Gasteiger partial charge in [0.1, 0.15) is 0 Å². The van der Waals surface area contributed by atoms with E-state index in [0.29, 0.717) is 6.61 Å². The molecule has 0 aliphatic carbocycles. The zero-order chi connectivity index (χ0) is 6.41. The van der Waals surface area contributed by atoms with E-state index in [1.165, 1.54) is 0 Å². The fraction of sp³-hybridized carbons (Fsp3) is 0.750. The summed E-state index contributed by atoms with van der Waals surface area (Å²) in [5.74, 6) is -0.442. The summed E-state index contributed by atoms with van der Waals surface area (Å²) in [7, 11) is 0. The van der Waals surface area contributed by atoms with Crippen LogP contribution in [0.15, 0.2) is 5.11 Å².